The van der Waals surface area contributed by atoms with Gasteiger partial charge in [0.15, 0.2) is 5.78 Å². The van der Waals surface area contributed by atoms with E-state index in [-0.39, 0.29) is 17.7 Å². The first-order valence-electron chi connectivity index (χ1n) is 6.03. The van der Waals surface area contributed by atoms with E-state index in [0.29, 0.717) is 18.8 Å². The van der Waals surface area contributed by atoms with E-state index in [9.17, 15) is 9.59 Å². The molecule has 92 valence electrons. The Morgan fingerprint density at radius 1 is 1.38 bits per heavy atom. The summed E-state index contributed by atoms with van der Waals surface area (Å²) in [5.41, 5.74) is 0. The molecule has 0 saturated carbocycles. The summed E-state index contributed by atoms with van der Waals surface area (Å²) >= 11 is 1.96. The molecule has 1 aliphatic heterocycles. The zero-order valence-corrected chi connectivity index (χ0v) is 10.9. The molecule has 0 bridgehead atoms. The van der Waals surface area contributed by atoms with Gasteiger partial charge in [0.05, 0.1) is 6.04 Å². The van der Waals surface area contributed by atoms with Crippen molar-refractivity contribution >= 4 is 23.5 Å². The average molecular weight is 243 g/mol. The molecule has 1 atom stereocenters. The number of amides is 1. The second-order valence-electron chi connectivity index (χ2n) is 4.37. The molecule has 3 nitrogen and oxygen atoms in total. The zero-order valence-electron chi connectivity index (χ0n) is 10.1. The van der Waals surface area contributed by atoms with Crippen LogP contribution in [0.3, 0.4) is 0 Å². The molecule has 0 aromatic carbocycles. The number of rotatable bonds is 5. The first kappa shape index (κ1) is 13.6. The highest BCUT2D eigenvalue weighted by molar-refractivity contribution is 7.99. The summed E-state index contributed by atoms with van der Waals surface area (Å²) in [6.45, 7) is 3.59. The minimum absolute atomic E-state index is 0.0335. The van der Waals surface area contributed by atoms with Crippen molar-refractivity contribution in [2.24, 2.45) is 5.92 Å². The fourth-order valence-electron chi connectivity index (χ4n) is 1.90. The van der Waals surface area contributed by atoms with E-state index < -0.39 is 0 Å². The van der Waals surface area contributed by atoms with Crippen LogP contribution in [0.1, 0.15) is 39.5 Å². The van der Waals surface area contributed by atoms with E-state index in [2.05, 4.69) is 5.32 Å². The Labute approximate surface area is 102 Å². The molecule has 1 aliphatic rings. The lowest BCUT2D eigenvalue weighted by Crippen LogP contribution is -2.39. The number of nitrogens with one attached hydrogen (secondary N) is 1. The van der Waals surface area contributed by atoms with E-state index in [1.54, 1.807) is 6.92 Å². The summed E-state index contributed by atoms with van der Waals surface area (Å²) in [5, 5.41) is 2.78. The minimum Gasteiger partial charge on any atom is -0.347 e. The van der Waals surface area contributed by atoms with E-state index in [1.165, 1.54) is 11.5 Å². The van der Waals surface area contributed by atoms with Crippen LogP contribution in [0.25, 0.3) is 0 Å². The molecule has 1 saturated heterocycles. The third-order valence-corrected chi connectivity index (χ3v) is 4.07. The van der Waals surface area contributed by atoms with E-state index in [1.807, 2.05) is 18.7 Å². The molecule has 0 aliphatic carbocycles. The van der Waals surface area contributed by atoms with Crippen LogP contribution in [0.15, 0.2) is 0 Å². The SMILES string of the molecule is CCC(=O)C(C)NC(=O)CC1CCSCC1. The van der Waals surface area contributed by atoms with Gasteiger partial charge in [-0.15, -0.1) is 0 Å². The van der Waals surface area contributed by atoms with Crippen molar-refractivity contribution < 1.29 is 9.59 Å². The van der Waals surface area contributed by atoms with Gasteiger partial charge in [0.25, 0.3) is 0 Å². The summed E-state index contributed by atoms with van der Waals surface area (Å²) in [5.74, 6) is 2.99. The standard InChI is InChI=1S/C12H21NO2S/c1-3-11(14)9(2)13-12(15)8-10-4-6-16-7-5-10/h9-10H,3-8H2,1-2H3,(H,13,15). The van der Waals surface area contributed by atoms with Gasteiger partial charge >= 0.3 is 0 Å². The Hall–Kier alpha value is -0.510. The predicted octanol–water partition coefficient (Wildman–Crippen LogP) is 2.00. The largest absolute Gasteiger partial charge is 0.347 e. The van der Waals surface area contributed by atoms with Crippen molar-refractivity contribution in [3.05, 3.63) is 0 Å². The molecule has 1 unspecified atom stereocenters. The van der Waals surface area contributed by atoms with Gasteiger partial charge in [0.1, 0.15) is 0 Å². The maximum Gasteiger partial charge on any atom is 0.220 e. The summed E-state index contributed by atoms with van der Waals surface area (Å²) in [4.78, 5) is 23.0. The molecule has 0 spiro atoms. The summed E-state index contributed by atoms with van der Waals surface area (Å²) in [6.07, 6.45) is 3.34. The Kier molecular flexibility index (Phi) is 5.88. The third-order valence-electron chi connectivity index (χ3n) is 3.02. The zero-order chi connectivity index (χ0) is 12.0. The van der Waals surface area contributed by atoms with Crippen molar-refractivity contribution in [2.75, 3.05) is 11.5 Å². The molecule has 1 heterocycles. The van der Waals surface area contributed by atoms with Gasteiger partial charge < -0.3 is 5.32 Å². The molecule has 16 heavy (non-hydrogen) atoms. The smallest absolute Gasteiger partial charge is 0.220 e. The van der Waals surface area contributed by atoms with Crippen molar-refractivity contribution in [1.82, 2.24) is 5.32 Å². The van der Waals surface area contributed by atoms with Gasteiger partial charge in [-0.1, -0.05) is 6.92 Å². The maximum atomic E-state index is 11.7. The molecule has 0 aromatic rings. The molecular weight excluding hydrogens is 222 g/mol. The molecular formula is C12H21NO2S. The second-order valence-corrected chi connectivity index (χ2v) is 5.59. The van der Waals surface area contributed by atoms with E-state index in [4.69, 9.17) is 0 Å². The fourth-order valence-corrected chi connectivity index (χ4v) is 3.10. The van der Waals surface area contributed by atoms with Crippen LogP contribution in [0.4, 0.5) is 0 Å². The van der Waals surface area contributed by atoms with Gasteiger partial charge in [-0.2, -0.15) is 11.8 Å². The van der Waals surface area contributed by atoms with Crippen LogP contribution in [-0.2, 0) is 9.59 Å². The number of Topliss-reactive ketones (excluding diaryl/α,β-unsaturated/α-hetero) is 1. The first-order chi connectivity index (χ1) is 7.63. The lowest BCUT2D eigenvalue weighted by atomic mass is 9.98. The minimum atomic E-state index is -0.324. The number of carbonyl (C=O) groups is 2. The highest BCUT2D eigenvalue weighted by Crippen LogP contribution is 2.25. The molecule has 4 heteroatoms. The normalized spacial score (nSPS) is 19.1. The van der Waals surface area contributed by atoms with Gasteiger partial charge in [-0.05, 0) is 37.2 Å². The second kappa shape index (κ2) is 6.94. The lowest BCUT2D eigenvalue weighted by molar-refractivity contribution is -0.127. The lowest BCUT2D eigenvalue weighted by Gasteiger charge is -2.21. The van der Waals surface area contributed by atoms with Gasteiger partial charge in [-0.3, -0.25) is 9.59 Å². The van der Waals surface area contributed by atoms with Gasteiger partial charge in [0.2, 0.25) is 5.91 Å². The number of thioether (sulfide) groups is 1. The van der Waals surface area contributed by atoms with Crippen molar-refractivity contribution in [1.29, 1.82) is 0 Å². The topological polar surface area (TPSA) is 46.2 Å². The predicted molar refractivity (Wildman–Crippen MR) is 67.6 cm³/mol. The molecule has 0 aromatic heterocycles. The van der Waals surface area contributed by atoms with Crippen molar-refractivity contribution in [3.8, 4) is 0 Å². The van der Waals surface area contributed by atoms with Crippen LogP contribution in [0.2, 0.25) is 0 Å². The van der Waals surface area contributed by atoms with Crippen LogP contribution in [0, 0.1) is 5.92 Å². The molecule has 1 amide bonds. The first-order valence-corrected chi connectivity index (χ1v) is 7.18. The fraction of sp³-hybridized carbons (Fsp3) is 0.833. The Balaban J connectivity index is 2.26. The molecule has 0 radical (unpaired) electrons. The Bertz CT molecular complexity index is 249. The van der Waals surface area contributed by atoms with Crippen LogP contribution < -0.4 is 5.32 Å². The monoisotopic (exact) mass is 243 g/mol. The highest BCUT2D eigenvalue weighted by atomic mass is 32.2. The third kappa shape index (κ3) is 4.56. The van der Waals surface area contributed by atoms with Gasteiger partial charge in [0, 0.05) is 12.8 Å². The van der Waals surface area contributed by atoms with Crippen molar-refractivity contribution in [3.63, 3.8) is 0 Å². The van der Waals surface area contributed by atoms with Gasteiger partial charge in [-0.25, -0.2) is 0 Å². The van der Waals surface area contributed by atoms with Crippen LogP contribution in [-0.4, -0.2) is 29.2 Å². The van der Waals surface area contributed by atoms with Crippen LogP contribution in [0.5, 0.6) is 0 Å². The number of hydrogen-bond acceptors (Lipinski definition) is 3. The Morgan fingerprint density at radius 2 is 2.00 bits per heavy atom. The quantitative estimate of drug-likeness (QED) is 0.803. The summed E-state index contributed by atoms with van der Waals surface area (Å²) in [6, 6.07) is -0.324. The average Bonchev–Trinajstić information content (AvgIpc) is 2.29. The van der Waals surface area contributed by atoms with E-state index in [0.717, 1.165) is 12.8 Å². The number of hydrogen-bond donors (Lipinski definition) is 1. The summed E-state index contributed by atoms with van der Waals surface area (Å²) in [7, 11) is 0. The maximum absolute atomic E-state index is 11.7. The van der Waals surface area contributed by atoms with E-state index >= 15 is 0 Å². The number of ketones is 1. The number of carbonyl (C=O) groups excluding carboxylic acids is 2. The molecule has 1 rings (SSSR count). The molecule has 1 fully saturated rings. The van der Waals surface area contributed by atoms with Crippen LogP contribution >= 0.6 is 11.8 Å². The Morgan fingerprint density at radius 3 is 2.56 bits per heavy atom. The summed E-state index contributed by atoms with van der Waals surface area (Å²) < 4.78 is 0. The highest BCUT2D eigenvalue weighted by Gasteiger charge is 2.19. The molecule has 1 N–H and O–H groups in total. The van der Waals surface area contributed by atoms with Crippen molar-refractivity contribution in [2.45, 2.75) is 45.6 Å².